The summed E-state index contributed by atoms with van der Waals surface area (Å²) in [6.45, 7) is 0. The standard InChI is InChI=1S/C18H15NO5/c1-22-14-6-7-15-12(9-14)10-16(24-15)17(20)19-13-5-3-4-11(8-13)18(21)23-2/h3-10H,1-2H3,(H,19,20). The molecule has 1 aromatic heterocycles. The number of rotatable bonds is 4. The van der Waals surface area contributed by atoms with Gasteiger partial charge in [0.2, 0.25) is 0 Å². The van der Waals surface area contributed by atoms with Crippen molar-refractivity contribution >= 4 is 28.5 Å². The van der Waals surface area contributed by atoms with Crippen molar-refractivity contribution in [3.63, 3.8) is 0 Å². The average molecular weight is 325 g/mol. The van der Waals surface area contributed by atoms with E-state index in [-0.39, 0.29) is 5.76 Å². The molecule has 0 saturated carbocycles. The first-order valence-electron chi connectivity index (χ1n) is 7.18. The van der Waals surface area contributed by atoms with Crippen LogP contribution in [0.25, 0.3) is 11.0 Å². The van der Waals surface area contributed by atoms with E-state index in [4.69, 9.17) is 9.15 Å². The number of anilines is 1. The predicted octanol–water partition coefficient (Wildman–Crippen LogP) is 3.48. The number of nitrogens with one attached hydrogen (secondary N) is 1. The van der Waals surface area contributed by atoms with Crippen LogP contribution < -0.4 is 10.1 Å². The van der Waals surface area contributed by atoms with Gasteiger partial charge in [-0.2, -0.15) is 0 Å². The third-order valence-electron chi connectivity index (χ3n) is 3.49. The molecule has 3 rings (SSSR count). The largest absolute Gasteiger partial charge is 0.497 e. The summed E-state index contributed by atoms with van der Waals surface area (Å²) in [4.78, 5) is 23.9. The highest BCUT2D eigenvalue weighted by Gasteiger charge is 2.14. The number of carbonyl (C=O) groups excluding carboxylic acids is 2. The Bertz CT molecular complexity index is 913. The normalized spacial score (nSPS) is 10.4. The van der Waals surface area contributed by atoms with E-state index in [9.17, 15) is 9.59 Å². The summed E-state index contributed by atoms with van der Waals surface area (Å²) in [5, 5.41) is 3.46. The zero-order valence-corrected chi connectivity index (χ0v) is 13.2. The lowest BCUT2D eigenvalue weighted by Gasteiger charge is -2.05. The first kappa shape index (κ1) is 15.6. The van der Waals surface area contributed by atoms with Crippen LogP contribution >= 0.6 is 0 Å². The Kier molecular flexibility index (Phi) is 4.20. The molecule has 0 fully saturated rings. The van der Waals surface area contributed by atoms with Crippen LogP contribution in [0.4, 0.5) is 5.69 Å². The summed E-state index contributed by atoms with van der Waals surface area (Å²) in [6, 6.07) is 13.4. The number of hydrogen-bond donors (Lipinski definition) is 1. The number of carbonyl (C=O) groups is 2. The maximum absolute atomic E-state index is 12.3. The van der Waals surface area contributed by atoms with E-state index in [1.165, 1.54) is 13.2 Å². The van der Waals surface area contributed by atoms with Crippen molar-refractivity contribution in [1.82, 2.24) is 0 Å². The fraction of sp³-hybridized carbons (Fsp3) is 0.111. The second-order valence-corrected chi connectivity index (χ2v) is 5.04. The van der Waals surface area contributed by atoms with Gasteiger partial charge in [-0.05, 0) is 42.5 Å². The maximum atomic E-state index is 12.3. The van der Waals surface area contributed by atoms with Crippen molar-refractivity contribution in [2.24, 2.45) is 0 Å². The molecule has 6 heteroatoms. The van der Waals surface area contributed by atoms with Gasteiger partial charge >= 0.3 is 5.97 Å². The van der Waals surface area contributed by atoms with E-state index in [0.29, 0.717) is 22.6 Å². The Morgan fingerprint density at radius 1 is 1.04 bits per heavy atom. The molecule has 0 bridgehead atoms. The minimum Gasteiger partial charge on any atom is -0.497 e. The molecular formula is C18H15NO5. The molecule has 1 N–H and O–H groups in total. The number of hydrogen-bond acceptors (Lipinski definition) is 5. The highest BCUT2D eigenvalue weighted by Crippen LogP contribution is 2.24. The van der Waals surface area contributed by atoms with E-state index in [0.717, 1.165) is 5.39 Å². The molecule has 122 valence electrons. The fourth-order valence-electron chi connectivity index (χ4n) is 2.29. The smallest absolute Gasteiger partial charge is 0.337 e. The summed E-state index contributed by atoms with van der Waals surface area (Å²) >= 11 is 0. The van der Waals surface area contributed by atoms with Crippen molar-refractivity contribution in [3.8, 4) is 5.75 Å². The molecule has 24 heavy (non-hydrogen) atoms. The van der Waals surface area contributed by atoms with E-state index >= 15 is 0 Å². The number of methoxy groups -OCH3 is 2. The number of amides is 1. The van der Waals surface area contributed by atoms with E-state index < -0.39 is 11.9 Å². The Labute approximate surface area is 138 Å². The first-order valence-corrected chi connectivity index (χ1v) is 7.18. The van der Waals surface area contributed by atoms with Crippen molar-refractivity contribution in [3.05, 3.63) is 59.9 Å². The molecule has 3 aromatic rings. The molecule has 0 saturated heterocycles. The van der Waals surface area contributed by atoms with Crippen LogP contribution in [-0.4, -0.2) is 26.1 Å². The second-order valence-electron chi connectivity index (χ2n) is 5.04. The predicted molar refractivity (Wildman–Crippen MR) is 88.5 cm³/mol. The third kappa shape index (κ3) is 3.08. The highest BCUT2D eigenvalue weighted by atomic mass is 16.5. The third-order valence-corrected chi connectivity index (χ3v) is 3.49. The number of ether oxygens (including phenoxy) is 2. The lowest BCUT2D eigenvalue weighted by Crippen LogP contribution is -2.11. The molecule has 0 unspecified atom stereocenters. The summed E-state index contributed by atoms with van der Waals surface area (Å²) < 4.78 is 15.3. The Balaban J connectivity index is 1.83. The molecule has 2 aromatic carbocycles. The van der Waals surface area contributed by atoms with Crippen molar-refractivity contribution in [2.75, 3.05) is 19.5 Å². The van der Waals surface area contributed by atoms with E-state index in [1.807, 2.05) is 0 Å². The summed E-state index contributed by atoms with van der Waals surface area (Å²) in [6.07, 6.45) is 0. The first-order chi connectivity index (χ1) is 11.6. The molecule has 0 aliphatic rings. The summed E-state index contributed by atoms with van der Waals surface area (Å²) in [7, 11) is 2.87. The minimum absolute atomic E-state index is 0.168. The van der Waals surface area contributed by atoms with Crippen molar-refractivity contribution in [1.29, 1.82) is 0 Å². The zero-order valence-electron chi connectivity index (χ0n) is 13.2. The van der Waals surface area contributed by atoms with Gasteiger partial charge in [-0.15, -0.1) is 0 Å². The average Bonchev–Trinajstić information content (AvgIpc) is 3.04. The monoisotopic (exact) mass is 325 g/mol. The van der Waals surface area contributed by atoms with Crippen LogP contribution in [0, 0.1) is 0 Å². The Morgan fingerprint density at radius 2 is 1.88 bits per heavy atom. The number of fused-ring (bicyclic) bond motifs is 1. The van der Waals surface area contributed by atoms with Crippen molar-refractivity contribution in [2.45, 2.75) is 0 Å². The van der Waals surface area contributed by atoms with Gasteiger partial charge in [0.1, 0.15) is 11.3 Å². The lowest BCUT2D eigenvalue weighted by molar-refractivity contribution is 0.0600. The van der Waals surface area contributed by atoms with Crippen LogP contribution in [0.1, 0.15) is 20.9 Å². The van der Waals surface area contributed by atoms with E-state index in [1.54, 1.807) is 49.6 Å². The van der Waals surface area contributed by atoms with Gasteiger partial charge in [-0.1, -0.05) is 6.07 Å². The number of benzene rings is 2. The van der Waals surface area contributed by atoms with Gasteiger partial charge in [-0.25, -0.2) is 4.79 Å². The van der Waals surface area contributed by atoms with Crippen LogP contribution in [0.15, 0.2) is 52.9 Å². The maximum Gasteiger partial charge on any atom is 0.337 e. The molecule has 0 aliphatic heterocycles. The quantitative estimate of drug-likeness (QED) is 0.743. The molecule has 1 amide bonds. The van der Waals surface area contributed by atoms with Gasteiger partial charge in [-0.3, -0.25) is 4.79 Å². The van der Waals surface area contributed by atoms with Gasteiger partial charge in [0.25, 0.3) is 5.91 Å². The molecule has 0 aliphatic carbocycles. The van der Waals surface area contributed by atoms with Crippen molar-refractivity contribution < 1.29 is 23.5 Å². The number of esters is 1. The SMILES string of the molecule is COC(=O)c1cccc(NC(=O)c2cc3cc(OC)ccc3o2)c1. The Morgan fingerprint density at radius 3 is 2.62 bits per heavy atom. The molecule has 0 atom stereocenters. The van der Waals surface area contributed by atoms with Gasteiger partial charge in [0.15, 0.2) is 5.76 Å². The zero-order chi connectivity index (χ0) is 17.1. The summed E-state index contributed by atoms with van der Waals surface area (Å²) in [5.74, 6) is -0.0307. The molecule has 0 spiro atoms. The number of furan rings is 1. The van der Waals surface area contributed by atoms with Crippen LogP contribution in [0.5, 0.6) is 5.75 Å². The van der Waals surface area contributed by atoms with Gasteiger partial charge < -0.3 is 19.2 Å². The molecular weight excluding hydrogens is 310 g/mol. The summed E-state index contributed by atoms with van der Waals surface area (Å²) in [5.41, 5.74) is 1.41. The van der Waals surface area contributed by atoms with Crippen LogP contribution in [0.3, 0.4) is 0 Å². The Hall–Kier alpha value is -3.28. The van der Waals surface area contributed by atoms with Gasteiger partial charge in [0, 0.05) is 11.1 Å². The molecule has 1 heterocycles. The second kappa shape index (κ2) is 6.45. The van der Waals surface area contributed by atoms with E-state index in [2.05, 4.69) is 10.1 Å². The minimum atomic E-state index is -0.470. The van der Waals surface area contributed by atoms with Crippen LogP contribution in [0.2, 0.25) is 0 Å². The van der Waals surface area contributed by atoms with Gasteiger partial charge in [0.05, 0.1) is 19.8 Å². The van der Waals surface area contributed by atoms with Crippen LogP contribution in [-0.2, 0) is 4.74 Å². The molecule has 6 nitrogen and oxygen atoms in total. The molecule has 0 radical (unpaired) electrons. The topological polar surface area (TPSA) is 77.8 Å². The highest BCUT2D eigenvalue weighted by molar-refractivity contribution is 6.05. The fourth-order valence-corrected chi connectivity index (χ4v) is 2.29. The lowest BCUT2D eigenvalue weighted by atomic mass is 10.2.